The average Bonchev–Trinajstić information content (AvgIpc) is 3.52. The molecule has 1 aliphatic heterocycles. The van der Waals surface area contributed by atoms with Gasteiger partial charge >= 0.3 is 0 Å². The lowest BCUT2D eigenvalue weighted by Crippen LogP contribution is -2.37. The number of rotatable bonds is 8. The van der Waals surface area contributed by atoms with Gasteiger partial charge in [0.05, 0.1) is 29.6 Å². The van der Waals surface area contributed by atoms with Gasteiger partial charge in [0, 0.05) is 18.7 Å². The molecule has 0 bridgehead atoms. The van der Waals surface area contributed by atoms with Crippen molar-refractivity contribution in [3.63, 3.8) is 0 Å². The lowest BCUT2D eigenvalue weighted by atomic mass is 10.1. The normalized spacial score (nSPS) is 15.1. The van der Waals surface area contributed by atoms with Crippen molar-refractivity contribution in [3.8, 4) is 17.3 Å². The zero-order chi connectivity index (χ0) is 24.9. The molecule has 0 aliphatic carbocycles. The van der Waals surface area contributed by atoms with Crippen LogP contribution < -0.4 is 4.74 Å². The first kappa shape index (κ1) is 23.8. The summed E-state index contributed by atoms with van der Waals surface area (Å²) < 4.78 is 27.9. The maximum absolute atomic E-state index is 14.0. The Labute approximate surface area is 209 Å². The minimum Gasteiger partial charge on any atom is -0.439 e. The first-order valence-electron chi connectivity index (χ1n) is 12.1. The van der Waals surface area contributed by atoms with Crippen LogP contribution in [0.15, 0.2) is 84.9 Å². The number of amides is 1. The highest BCUT2D eigenvalue weighted by Gasteiger charge is 2.28. The van der Waals surface area contributed by atoms with Crippen LogP contribution in [0.4, 0.5) is 4.39 Å². The number of benzene rings is 3. The van der Waals surface area contributed by atoms with Gasteiger partial charge in [0.15, 0.2) is 0 Å². The van der Waals surface area contributed by atoms with Crippen LogP contribution in [-0.2, 0) is 11.3 Å². The number of nitrogens with zero attached hydrogens (tertiary/aromatic N) is 3. The summed E-state index contributed by atoms with van der Waals surface area (Å²) in [4.78, 5) is 15.3. The van der Waals surface area contributed by atoms with Gasteiger partial charge in [-0.05, 0) is 62.2 Å². The summed E-state index contributed by atoms with van der Waals surface area (Å²) in [6, 6.07) is 25.0. The van der Waals surface area contributed by atoms with E-state index in [9.17, 15) is 9.18 Å². The van der Waals surface area contributed by atoms with E-state index < -0.39 is 5.82 Å². The first-order chi connectivity index (χ1) is 17.6. The van der Waals surface area contributed by atoms with Crippen LogP contribution in [-0.4, -0.2) is 39.8 Å². The van der Waals surface area contributed by atoms with Crippen LogP contribution in [0.3, 0.4) is 0 Å². The van der Waals surface area contributed by atoms with E-state index in [1.165, 1.54) is 12.1 Å². The van der Waals surface area contributed by atoms with Gasteiger partial charge in [-0.1, -0.05) is 42.5 Å². The molecule has 5 rings (SSSR count). The maximum atomic E-state index is 14.0. The highest BCUT2D eigenvalue weighted by molar-refractivity contribution is 5.94. The number of halogens is 1. The second-order valence-electron chi connectivity index (χ2n) is 8.86. The first-order valence-corrected chi connectivity index (χ1v) is 12.1. The number of carbonyl (C=O) groups is 1. The quantitative estimate of drug-likeness (QED) is 0.310. The zero-order valence-corrected chi connectivity index (χ0v) is 20.1. The van der Waals surface area contributed by atoms with Crippen LogP contribution in [0.5, 0.6) is 11.6 Å². The zero-order valence-electron chi connectivity index (χ0n) is 20.1. The van der Waals surface area contributed by atoms with E-state index in [-0.39, 0.29) is 18.6 Å². The van der Waals surface area contributed by atoms with Gasteiger partial charge in [0.2, 0.25) is 5.88 Å². The molecule has 1 amide bonds. The van der Waals surface area contributed by atoms with E-state index in [2.05, 4.69) is 0 Å². The third-order valence-electron chi connectivity index (χ3n) is 6.25. The molecule has 1 unspecified atom stereocenters. The highest BCUT2D eigenvalue weighted by atomic mass is 19.1. The van der Waals surface area contributed by atoms with Crippen molar-refractivity contribution in [2.45, 2.75) is 32.4 Å². The fourth-order valence-electron chi connectivity index (χ4n) is 4.42. The smallest absolute Gasteiger partial charge is 0.254 e. The summed E-state index contributed by atoms with van der Waals surface area (Å²) in [6.07, 6.45) is 1.77. The molecule has 36 heavy (non-hydrogen) atoms. The Morgan fingerprint density at radius 2 is 1.83 bits per heavy atom. The summed E-state index contributed by atoms with van der Waals surface area (Å²) in [7, 11) is 0. The Kier molecular flexibility index (Phi) is 7.09. The lowest BCUT2D eigenvalue weighted by molar-refractivity contribution is 0.0505. The van der Waals surface area contributed by atoms with Gasteiger partial charge in [0.1, 0.15) is 11.6 Å². The van der Waals surface area contributed by atoms with E-state index in [4.69, 9.17) is 14.6 Å². The van der Waals surface area contributed by atoms with Crippen LogP contribution in [0.2, 0.25) is 0 Å². The molecule has 0 saturated carbocycles. The van der Waals surface area contributed by atoms with Crippen LogP contribution in [0.1, 0.15) is 34.5 Å². The van der Waals surface area contributed by atoms with Gasteiger partial charge in [-0.25, -0.2) is 9.07 Å². The molecule has 3 aromatic carbocycles. The third-order valence-corrected chi connectivity index (χ3v) is 6.25. The van der Waals surface area contributed by atoms with E-state index in [1.807, 2.05) is 67.6 Å². The van der Waals surface area contributed by atoms with Gasteiger partial charge < -0.3 is 14.4 Å². The number of hydrogen-bond acceptors (Lipinski definition) is 4. The number of hydrogen-bond donors (Lipinski definition) is 0. The highest BCUT2D eigenvalue weighted by Crippen LogP contribution is 2.32. The van der Waals surface area contributed by atoms with Crippen molar-refractivity contribution in [2.24, 2.45) is 0 Å². The third kappa shape index (κ3) is 5.31. The Hall–Kier alpha value is -3.97. The van der Waals surface area contributed by atoms with E-state index >= 15 is 0 Å². The largest absolute Gasteiger partial charge is 0.439 e. The van der Waals surface area contributed by atoms with Gasteiger partial charge in [-0.3, -0.25) is 4.79 Å². The van der Waals surface area contributed by atoms with Crippen LogP contribution in [0, 0.1) is 12.7 Å². The molecule has 1 atom stereocenters. The fourth-order valence-corrected chi connectivity index (χ4v) is 4.42. The summed E-state index contributed by atoms with van der Waals surface area (Å²) in [5, 5.41) is 4.77. The van der Waals surface area contributed by atoms with Gasteiger partial charge in [-0.15, -0.1) is 0 Å². The monoisotopic (exact) mass is 485 g/mol. The molecule has 184 valence electrons. The molecule has 4 aromatic rings. The molecule has 1 saturated heterocycles. The summed E-state index contributed by atoms with van der Waals surface area (Å²) in [5.41, 5.74) is 2.67. The number of aromatic nitrogens is 2. The summed E-state index contributed by atoms with van der Waals surface area (Å²) >= 11 is 0. The predicted molar refractivity (Wildman–Crippen MR) is 135 cm³/mol. The summed E-state index contributed by atoms with van der Waals surface area (Å²) in [6.45, 7) is 3.23. The van der Waals surface area contributed by atoms with Crippen LogP contribution in [0.25, 0.3) is 5.69 Å². The second kappa shape index (κ2) is 10.7. The minimum absolute atomic E-state index is 0.0644. The van der Waals surface area contributed by atoms with Crippen molar-refractivity contribution in [3.05, 3.63) is 108 Å². The number of aryl methyl sites for hydroxylation is 1. The van der Waals surface area contributed by atoms with Gasteiger partial charge in [0.25, 0.3) is 5.91 Å². The minimum atomic E-state index is -0.445. The number of ether oxygens (including phenoxy) is 2. The molecule has 0 spiro atoms. The lowest BCUT2D eigenvalue weighted by Gasteiger charge is -2.26. The topological polar surface area (TPSA) is 56.6 Å². The van der Waals surface area contributed by atoms with Gasteiger partial charge in [-0.2, -0.15) is 5.10 Å². The summed E-state index contributed by atoms with van der Waals surface area (Å²) in [5.74, 6) is 0.494. The Bertz CT molecular complexity index is 1320. The van der Waals surface area contributed by atoms with E-state index in [1.54, 1.807) is 21.7 Å². The van der Waals surface area contributed by atoms with Crippen molar-refractivity contribution >= 4 is 5.91 Å². The number of carbonyl (C=O) groups excluding carboxylic acids is 1. The Morgan fingerprint density at radius 3 is 2.53 bits per heavy atom. The Balaban J connectivity index is 1.54. The molecule has 1 aromatic heterocycles. The molecule has 1 fully saturated rings. The second-order valence-corrected chi connectivity index (χ2v) is 8.86. The molecular formula is C29H28FN3O3. The molecule has 2 heterocycles. The van der Waals surface area contributed by atoms with E-state index in [0.29, 0.717) is 30.3 Å². The van der Waals surface area contributed by atoms with Crippen molar-refractivity contribution in [1.29, 1.82) is 0 Å². The van der Waals surface area contributed by atoms with E-state index in [0.717, 1.165) is 29.8 Å². The average molecular weight is 486 g/mol. The molecule has 6 nitrogen and oxygen atoms in total. The van der Waals surface area contributed by atoms with Crippen LogP contribution >= 0.6 is 0 Å². The molecule has 0 radical (unpaired) electrons. The Morgan fingerprint density at radius 1 is 1.08 bits per heavy atom. The molecule has 1 aliphatic rings. The standard InChI is InChI=1S/C29H28FN3O3/c1-21-27(20-32(19-26-16-9-17-35-26)28(34)22-10-8-11-23(30)18-22)29(36-25-14-6-3-7-15-25)33(31-21)24-12-4-2-5-13-24/h2-8,10-15,18,26H,9,16-17,19-20H2,1H3. The fraction of sp³-hybridized carbons (Fsp3) is 0.241. The predicted octanol–water partition coefficient (Wildman–Crippen LogP) is 5.93. The van der Waals surface area contributed by atoms with Crippen molar-refractivity contribution in [1.82, 2.24) is 14.7 Å². The molecule has 0 N–H and O–H groups in total. The van der Waals surface area contributed by atoms with Crippen molar-refractivity contribution in [2.75, 3.05) is 13.2 Å². The molecular weight excluding hydrogens is 457 g/mol. The van der Waals surface area contributed by atoms with Crippen molar-refractivity contribution < 1.29 is 18.7 Å². The molecule has 7 heteroatoms. The maximum Gasteiger partial charge on any atom is 0.254 e. The SMILES string of the molecule is Cc1nn(-c2ccccc2)c(Oc2ccccc2)c1CN(CC1CCCO1)C(=O)c1cccc(F)c1. The number of para-hydroxylation sites is 2.